The molecule has 0 aliphatic rings. The summed E-state index contributed by atoms with van der Waals surface area (Å²) in [5.41, 5.74) is 0.753. The average Bonchev–Trinajstić information content (AvgIpc) is 2.67. The molecule has 0 fully saturated rings. The van der Waals surface area contributed by atoms with Crippen molar-refractivity contribution in [1.29, 1.82) is 0 Å². The molecular weight excluding hydrogens is 352 g/mol. The number of methoxy groups -OCH3 is 2. The van der Waals surface area contributed by atoms with Crippen LogP contribution in [0.5, 0.6) is 17.2 Å². The van der Waals surface area contributed by atoms with E-state index in [4.69, 9.17) is 23.7 Å². The van der Waals surface area contributed by atoms with Crippen LogP contribution < -0.4 is 19.6 Å². The molecule has 1 heterocycles. The van der Waals surface area contributed by atoms with Gasteiger partial charge in [0.05, 0.1) is 19.6 Å². The third-order valence-electron chi connectivity index (χ3n) is 4.03. The summed E-state index contributed by atoms with van der Waals surface area (Å²) in [5, 5.41) is 9.23. The summed E-state index contributed by atoms with van der Waals surface area (Å²) >= 11 is 0. The lowest BCUT2D eigenvalue weighted by Gasteiger charge is -2.11. The molecule has 2 aromatic carbocycles. The van der Waals surface area contributed by atoms with Crippen molar-refractivity contribution in [3.8, 4) is 28.6 Å². The Morgan fingerprint density at radius 1 is 1.04 bits per heavy atom. The van der Waals surface area contributed by atoms with E-state index in [-0.39, 0.29) is 11.2 Å². The zero-order valence-corrected chi connectivity index (χ0v) is 15.0. The molecule has 0 aliphatic heterocycles. The Bertz CT molecular complexity index is 1050. The van der Waals surface area contributed by atoms with E-state index in [9.17, 15) is 9.59 Å². The molecule has 0 bridgehead atoms. The number of aliphatic carboxylic acids is 1. The van der Waals surface area contributed by atoms with Crippen LogP contribution in [0.2, 0.25) is 0 Å². The smallest absolute Gasteiger partial charge is 0.344 e. The van der Waals surface area contributed by atoms with Crippen LogP contribution in [0, 0.1) is 0 Å². The number of fused-ring (bicyclic) bond motifs is 1. The number of carboxylic acid groups (broad SMARTS) is 1. The normalized spacial score (nSPS) is 11.8. The topological polar surface area (TPSA) is 95.2 Å². The zero-order chi connectivity index (χ0) is 19.6. The second kappa shape index (κ2) is 7.41. The van der Waals surface area contributed by atoms with E-state index in [0.717, 1.165) is 0 Å². The van der Waals surface area contributed by atoms with Gasteiger partial charge >= 0.3 is 5.97 Å². The first-order chi connectivity index (χ1) is 12.9. The Kier molecular flexibility index (Phi) is 5.03. The Morgan fingerprint density at radius 3 is 2.44 bits per heavy atom. The van der Waals surface area contributed by atoms with Gasteiger partial charge in [0.15, 0.2) is 23.0 Å². The minimum absolute atomic E-state index is 0.269. The molecule has 0 aliphatic carbocycles. The average molecular weight is 370 g/mol. The van der Waals surface area contributed by atoms with E-state index in [1.807, 2.05) is 0 Å². The maximum absolute atomic E-state index is 12.5. The Morgan fingerprint density at radius 2 is 1.78 bits per heavy atom. The summed E-state index contributed by atoms with van der Waals surface area (Å²) in [6.07, 6.45) is -1.03. The van der Waals surface area contributed by atoms with Gasteiger partial charge in [0.1, 0.15) is 17.1 Å². The van der Waals surface area contributed by atoms with Crippen molar-refractivity contribution < 1.29 is 28.5 Å². The summed E-state index contributed by atoms with van der Waals surface area (Å²) in [7, 11) is 3.07. The molecule has 3 aromatic rings. The van der Waals surface area contributed by atoms with Crippen molar-refractivity contribution in [2.45, 2.75) is 13.0 Å². The van der Waals surface area contributed by atoms with Gasteiger partial charge in [0.2, 0.25) is 0 Å². The van der Waals surface area contributed by atoms with E-state index in [1.165, 1.54) is 26.2 Å². The molecule has 27 heavy (non-hydrogen) atoms. The second-order valence-electron chi connectivity index (χ2n) is 5.80. The highest BCUT2D eigenvalue weighted by atomic mass is 16.5. The molecule has 0 saturated carbocycles. The SMILES string of the molecule is COc1ccc(-c2cc(=O)c3cc(OC(C)C(=O)O)ccc3o2)cc1OC. The summed E-state index contributed by atoms with van der Waals surface area (Å²) in [5.74, 6) is 0.651. The molecular formula is C20H18O7. The Balaban J connectivity index is 2.03. The van der Waals surface area contributed by atoms with Crippen molar-refractivity contribution in [3.63, 3.8) is 0 Å². The van der Waals surface area contributed by atoms with E-state index in [2.05, 4.69) is 0 Å². The van der Waals surface area contributed by atoms with E-state index < -0.39 is 12.1 Å². The number of benzene rings is 2. The van der Waals surface area contributed by atoms with Crippen LogP contribution in [-0.2, 0) is 4.79 Å². The van der Waals surface area contributed by atoms with Gasteiger partial charge < -0.3 is 23.7 Å². The molecule has 0 saturated heterocycles. The fraction of sp³-hybridized carbons (Fsp3) is 0.200. The van der Waals surface area contributed by atoms with Crippen molar-refractivity contribution in [2.24, 2.45) is 0 Å². The molecule has 7 nitrogen and oxygen atoms in total. The van der Waals surface area contributed by atoms with E-state index in [1.54, 1.807) is 37.4 Å². The molecule has 1 unspecified atom stereocenters. The lowest BCUT2D eigenvalue weighted by molar-refractivity contribution is -0.144. The van der Waals surface area contributed by atoms with Crippen LogP contribution in [0.1, 0.15) is 6.92 Å². The van der Waals surface area contributed by atoms with E-state index in [0.29, 0.717) is 33.8 Å². The van der Waals surface area contributed by atoms with Gasteiger partial charge in [0.25, 0.3) is 0 Å². The molecule has 0 radical (unpaired) electrons. The van der Waals surface area contributed by atoms with Gasteiger partial charge in [0, 0.05) is 11.6 Å². The second-order valence-corrected chi connectivity index (χ2v) is 5.80. The van der Waals surface area contributed by atoms with Crippen LogP contribution >= 0.6 is 0 Å². The quantitative estimate of drug-likeness (QED) is 0.711. The number of hydrogen-bond acceptors (Lipinski definition) is 6. The van der Waals surface area contributed by atoms with Crippen molar-refractivity contribution in [2.75, 3.05) is 14.2 Å². The number of carboxylic acids is 1. The Labute approximate surface area is 154 Å². The lowest BCUT2D eigenvalue weighted by Crippen LogP contribution is -2.22. The lowest BCUT2D eigenvalue weighted by atomic mass is 10.1. The predicted octanol–water partition coefficient (Wildman–Crippen LogP) is 3.33. The molecule has 3 rings (SSSR count). The standard InChI is InChI=1S/C20H18O7/c1-11(20(22)23)26-13-5-7-16-14(9-13)15(21)10-18(27-16)12-4-6-17(24-2)19(8-12)25-3/h4-11H,1-3H3,(H,22,23). The monoisotopic (exact) mass is 370 g/mol. The number of rotatable bonds is 6. The fourth-order valence-electron chi connectivity index (χ4n) is 2.59. The van der Waals surface area contributed by atoms with Crippen molar-refractivity contribution in [1.82, 2.24) is 0 Å². The first-order valence-corrected chi connectivity index (χ1v) is 8.12. The summed E-state index contributed by atoms with van der Waals surface area (Å²) in [6.45, 7) is 1.41. The number of ether oxygens (including phenoxy) is 3. The summed E-state index contributed by atoms with van der Waals surface area (Å²) < 4.78 is 21.6. The zero-order valence-electron chi connectivity index (χ0n) is 15.0. The third-order valence-corrected chi connectivity index (χ3v) is 4.03. The van der Waals surface area contributed by atoms with Gasteiger partial charge in [-0.15, -0.1) is 0 Å². The first-order valence-electron chi connectivity index (χ1n) is 8.12. The van der Waals surface area contributed by atoms with Gasteiger partial charge in [-0.3, -0.25) is 4.79 Å². The highest BCUT2D eigenvalue weighted by Gasteiger charge is 2.15. The van der Waals surface area contributed by atoms with Crippen LogP contribution in [0.15, 0.2) is 51.7 Å². The van der Waals surface area contributed by atoms with Gasteiger partial charge in [-0.05, 0) is 43.3 Å². The van der Waals surface area contributed by atoms with Crippen molar-refractivity contribution in [3.05, 3.63) is 52.7 Å². The Hall–Kier alpha value is -3.48. The number of carbonyl (C=O) groups is 1. The maximum Gasteiger partial charge on any atom is 0.344 e. The number of hydrogen-bond donors (Lipinski definition) is 1. The molecule has 1 N–H and O–H groups in total. The van der Waals surface area contributed by atoms with Crippen LogP contribution in [0.25, 0.3) is 22.3 Å². The maximum atomic E-state index is 12.5. The molecule has 1 aromatic heterocycles. The van der Waals surface area contributed by atoms with Crippen LogP contribution in [0.4, 0.5) is 0 Å². The highest BCUT2D eigenvalue weighted by Crippen LogP contribution is 2.33. The third kappa shape index (κ3) is 3.72. The van der Waals surface area contributed by atoms with Gasteiger partial charge in [-0.2, -0.15) is 0 Å². The van der Waals surface area contributed by atoms with Crippen molar-refractivity contribution >= 4 is 16.9 Å². The summed E-state index contributed by atoms with van der Waals surface area (Å²) in [4.78, 5) is 23.4. The van der Waals surface area contributed by atoms with Gasteiger partial charge in [-0.25, -0.2) is 4.79 Å². The summed E-state index contributed by atoms with van der Waals surface area (Å²) in [6, 6.07) is 11.2. The van der Waals surface area contributed by atoms with Crippen LogP contribution in [0.3, 0.4) is 0 Å². The van der Waals surface area contributed by atoms with Gasteiger partial charge in [-0.1, -0.05) is 0 Å². The predicted molar refractivity (Wildman–Crippen MR) is 98.7 cm³/mol. The largest absolute Gasteiger partial charge is 0.493 e. The minimum Gasteiger partial charge on any atom is -0.493 e. The van der Waals surface area contributed by atoms with Crippen LogP contribution in [-0.4, -0.2) is 31.4 Å². The first kappa shape index (κ1) is 18.3. The molecule has 0 spiro atoms. The molecule has 140 valence electrons. The van der Waals surface area contributed by atoms with E-state index >= 15 is 0 Å². The minimum atomic E-state index is -1.09. The molecule has 1 atom stereocenters. The molecule has 7 heteroatoms. The highest BCUT2D eigenvalue weighted by molar-refractivity contribution is 5.80. The fourth-order valence-corrected chi connectivity index (χ4v) is 2.59. The molecule has 0 amide bonds.